The SMILES string of the molecule is CNC1=CC(C(=O)O)=CC(B(O)O)C1. The summed E-state index contributed by atoms with van der Waals surface area (Å²) in [4.78, 5) is 10.7. The highest BCUT2D eigenvalue weighted by Crippen LogP contribution is 2.26. The number of carbonyl (C=O) groups is 1. The van der Waals surface area contributed by atoms with Gasteiger partial charge >= 0.3 is 13.1 Å². The molecule has 0 aromatic carbocycles. The molecule has 1 rings (SSSR count). The number of hydrogen-bond donors (Lipinski definition) is 4. The van der Waals surface area contributed by atoms with Gasteiger partial charge in [0.25, 0.3) is 0 Å². The zero-order valence-corrected chi connectivity index (χ0v) is 7.77. The van der Waals surface area contributed by atoms with E-state index in [1.807, 2.05) is 0 Å². The predicted molar refractivity (Wildman–Crippen MR) is 51.4 cm³/mol. The maximum Gasteiger partial charge on any atom is 0.459 e. The molecule has 4 N–H and O–H groups in total. The van der Waals surface area contributed by atoms with E-state index in [4.69, 9.17) is 15.2 Å². The molecule has 1 unspecified atom stereocenters. The summed E-state index contributed by atoms with van der Waals surface area (Å²) in [6, 6.07) is 0. The fraction of sp³-hybridized carbons (Fsp3) is 0.375. The maximum atomic E-state index is 10.7. The van der Waals surface area contributed by atoms with Gasteiger partial charge in [-0.3, -0.25) is 0 Å². The third-order valence-electron chi connectivity index (χ3n) is 2.13. The van der Waals surface area contributed by atoms with Crippen molar-refractivity contribution < 1.29 is 19.9 Å². The number of carboxylic acid groups (broad SMARTS) is 1. The molecule has 14 heavy (non-hydrogen) atoms. The van der Waals surface area contributed by atoms with E-state index in [2.05, 4.69) is 5.32 Å². The van der Waals surface area contributed by atoms with Crippen LogP contribution in [0.1, 0.15) is 6.42 Å². The Bertz CT molecular complexity index is 298. The monoisotopic (exact) mass is 197 g/mol. The third kappa shape index (κ3) is 2.37. The van der Waals surface area contributed by atoms with E-state index < -0.39 is 18.9 Å². The number of hydrogen-bond acceptors (Lipinski definition) is 4. The zero-order chi connectivity index (χ0) is 10.7. The number of allylic oxidation sites excluding steroid dienone is 2. The molecule has 0 radical (unpaired) electrons. The van der Waals surface area contributed by atoms with Gasteiger partial charge in [0.05, 0.1) is 5.57 Å². The zero-order valence-electron chi connectivity index (χ0n) is 7.77. The van der Waals surface area contributed by atoms with Crippen LogP contribution in [0.5, 0.6) is 0 Å². The van der Waals surface area contributed by atoms with Gasteiger partial charge in [0, 0.05) is 18.6 Å². The van der Waals surface area contributed by atoms with Gasteiger partial charge in [0.2, 0.25) is 0 Å². The molecule has 0 amide bonds. The van der Waals surface area contributed by atoms with Crippen molar-refractivity contribution in [1.82, 2.24) is 5.32 Å². The topological polar surface area (TPSA) is 89.8 Å². The Morgan fingerprint density at radius 2 is 2.29 bits per heavy atom. The van der Waals surface area contributed by atoms with Crippen LogP contribution in [-0.4, -0.2) is 35.3 Å². The van der Waals surface area contributed by atoms with Crippen molar-refractivity contribution in [3.63, 3.8) is 0 Å². The lowest BCUT2D eigenvalue weighted by Gasteiger charge is -2.19. The van der Waals surface area contributed by atoms with Crippen LogP contribution in [0.2, 0.25) is 5.82 Å². The summed E-state index contributed by atoms with van der Waals surface area (Å²) in [5.41, 5.74) is 0.765. The minimum atomic E-state index is -1.53. The number of nitrogens with one attached hydrogen (secondary N) is 1. The lowest BCUT2D eigenvalue weighted by molar-refractivity contribution is -0.132. The fourth-order valence-electron chi connectivity index (χ4n) is 1.34. The molecule has 0 fully saturated rings. The van der Waals surface area contributed by atoms with Crippen LogP contribution in [0, 0.1) is 0 Å². The minimum Gasteiger partial charge on any atom is -0.478 e. The molecule has 0 bridgehead atoms. The standard InChI is InChI=1S/C8H12BNO4/c1-10-7-3-5(8(11)12)2-6(4-7)9(13)14/h2-3,6,10,13-14H,4H2,1H3,(H,11,12). The fourth-order valence-corrected chi connectivity index (χ4v) is 1.34. The summed E-state index contributed by atoms with van der Waals surface area (Å²) in [7, 11) is 0.138. The average Bonchev–Trinajstić information content (AvgIpc) is 2.16. The van der Waals surface area contributed by atoms with Crippen molar-refractivity contribution >= 4 is 13.1 Å². The van der Waals surface area contributed by atoms with E-state index in [1.54, 1.807) is 7.05 Å². The molecular formula is C8H12BNO4. The van der Waals surface area contributed by atoms with Crippen LogP contribution in [0.15, 0.2) is 23.4 Å². The van der Waals surface area contributed by atoms with Gasteiger partial charge < -0.3 is 20.5 Å². The van der Waals surface area contributed by atoms with Gasteiger partial charge in [0.15, 0.2) is 0 Å². The Morgan fingerprint density at radius 3 is 2.71 bits per heavy atom. The van der Waals surface area contributed by atoms with Gasteiger partial charge in [-0.15, -0.1) is 0 Å². The molecular weight excluding hydrogens is 185 g/mol. The normalized spacial score (nSPS) is 20.9. The Kier molecular flexibility index (Phi) is 3.32. The molecule has 0 saturated heterocycles. The highest BCUT2D eigenvalue weighted by Gasteiger charge is 2.27. The second-order valence-electron chi connectivity index (χ2n) is 3.13. The van der Waals surface area contributed by atoms with Crippen molar-refractivity contribution in [3.05, 3.63) is 23.4 Å². The molecule has 1 aliphatic rings. The molecule has 1 atom stereocenters. The Morgan fingerprint density at radius 1 is 1.64 bits per heavy atom. The average molecular weight is 197 g/mol. The Balaban J connectivity index is 2.90. The quantitative estimate of drug-likeness (QED) is 0.451. The van der Waals surface area contributed by atoms with E-state index in [-0.39, 0.29) is 5.57 Å². The number of rotatable bonds is 3. The lowest BCUT2D eigenvalue weighted by atomic mass is 9.68. The summed E-state index contributed by atoms with van der Waals surface area (Å²) >= 11 is 0. The van der Waals surface area contributed by atoms with Crippen LogP contribution in [0.25, 0.3) is 0 Å². The molecule has 0 aromatic heterocycles. The van der Waals surface area contributed by atoms with Crippen molar-refractivity contribution in [2.24, 2.45) is 0 Å². The molecule has 0 aliphatic heterocycles. The van der Waals surface area contributed by atoms with E-state index >= 15 is 0 Å². The van der Waals surface area contributed by atoms with Gasteiger partial charge in [-0.05, 0) is 12.5 Å². The van der Waals surface area contributed by atoms with Gasteiger partial charge in [-0.25, -0.2) is 4.79 Å². The minimum absolute atomic E-state index is 0.0821. The number of carboxylic acids is 1. The van der Waals surface area contributed by atoms with Crippen molar-refractivity contribution in [1.29, 1.82) is 0 Å². The molecule has 5 nitrogen and oxygen atoms in total. The van der Waals surface area contributed by atoms with Crippen LogP contribution < -0.4 is 5.32 Å². The smallest absolute Gasteiger partial charge is 0.459 e. The molecule has 0 saturated carbocycles. The Hall–Kier alpha value is -1.27. The van der Waals surface area contributed by atoms with Gasteiger partial charge in [0.1, 0.15) is 0 Å². The molecule has 0 spiro atoms. The maximum absolute atomic E-state index is 10.7. The molecule has 6 heteroatoms. The van der Waals surface area contributed by atoms with Crippen LogP contribution in [-0.2, 0) is 4.79 Å². The summed E-state index contributed by atoms with van der Waals surface area (Å²) in [5, 5.41) is 29.5. The van der Waals surface area contributed by atoms with E-state index in [9.17, 15) is 4.79 Å². The summed E-state index contributed by atoms with van der Waals surface area (Å²) in [5.74, 6) is -1.63. The molecule has 0 aromatic rings. The first kappa shape index (κ1) is 10.8. The molecule has 76 valence electrons. The largest absolute Gasteiger partial charge is 0.478 e. The summed E-state index contributed by atoms with van der Waals surface area (Å²) < 4.78 is 0. The predicted octanol–water partition coefficient (Wildman–Crippen LogP) is -0.653. The highest BCUT2D eigenvalue weighted by molar-refractivity contribution is 6.44. The number of aliphatic carboxylic acids is 1. The van der Waals surface area contributed by atoms with Crippen LogP contribution in [0.3, 0.4) is 0 Å². The third-order valence-corrected chi connectivity index (χ3v) is 2.13. The van der Waals surface area contributed by atoms with Crippen LogP contribution >= 0.6 is 0 Å². The van der Waals surface area contributed by atoms with E-state index in [1.165, 1.54) is 12.2 Å². The first-order chi connectivity index (χ1) is 6.54. The van der Waals surface area contributed by atoms with E-state index in [0.29, 0.717) is 12.1 Å². The summed E-state index contributed by atoms with van der Waals surface area (Å²) in [6.45, 7) is 0. The lowest BCUT2D eigenvalue weighted by Crippen LogP contribution is -2.25. The second-order valence-corrected chi connectivity index (χ2v) is 3.13. The highest BCUT2D eigenvalue weighted by atomic mass is 16.4. The Labute approximate surface area is 81.9 Å². The van der Waals surface area contributed by atoms with Crippen molar-refractivity contribution in [2.75, 3.05) is 7.05 Å². The second kappa shape index (κ2) is 4.30. The van der Waals surface area contributed by atoms with Crippen molar-refractivity contribution in [3.8, 4) is 0 Å². The molecule has 0 heterocycles. The first-order valence-electron chi connectivity index (χ1n) is 4.24. The van der Waals surface area contributed by atoms with E-state index in [0.717, 1.165) is 0 Å². The van der Waals surface area contributed by atoms with Gasteiger partial charge in [-0.1, -0.05) is 6.08 Å². The molecule has 1 aliphatic carbocycles. The first-order valence-corrected chi connectivity index (χ1v) is 4.24. The summed E-state index contributed by atoms with van der Waals surface area (Å²) in [6.07, 6.45) is 3.25. The van der Waals surface area contributed by atoms with Gasteiger partial charge in [-0.2, -0.15) is 0 Å². The van der Waals surface area contributed by atoms with Crippen LogP contribution in [0.4, 0.5) is 0 Å². The van der Waals surface area contributed by atoms with Crippen molar-refractivity contribution in [2.45, 2.75) is 12.2 Å².